The predicted octanol–water partition coefficient (Wildman–Crippen LogP) is 6.99. The largest absolute Gasteiger partial charge is 0.293 e. The number of sulfonamides is 1. The molecule has 3 aromatic rings. The molecular formula is C32H38N4O3S3. The summed E-state index contributed by atoms with van der Waals surface area (Å²) >= 11 is 6.87. The van der Waals surface area contributed by atoms with Gasteiger partial charge in [-0.25, -0.2) is 13.1 Å². The van der Waals surface area contributed by atoms with Gasteiger partial charge < -0.3 is 0 Å². The van der Waals surface area contributed by atoms with Crippen molar-refractivity contribution >= 4 is 50.3 Å². The Morgan fingerprint density at radius 3 is 2.48 bits per heavy atom. The number of thioether (sulfide) groups is 1. The van der Waals surface area contributed by atoms with Crippen molar-refractivity contribution in [2.45, 2.75) is 57.8 Å². The predicted molar refractivity (Wildman–Crippen MR) is 175 cm³/mol. The molecule has 2 aromatic carbocycles. The number of hydrogen-bond donors (Lipinski definition) is 0. The summed E-state index contributed by atoms with van der Waals surface area (Å²) in [7, 11) is -3.67. The minimum Gasteiger partial charge on any atom is -0.293 e. The fraction of sp³-hybridized carbons (Fsp3) is 0.406. The summed E-state index contributed by atoms with van der Waals surface area (Å²) in [4.78, 5) is 15.8. The third-order valence-corrected chi connectivity index (χ3v) is 10.9. The van der Waals surface area contributed by atoms with Gasteiger partial charge in [0, 0.05) is 37.0 Å². The Hall–Kier alpha value is -2.79. The molecule has 222 valence electrons. The second-order valence-electron chi connectivity index (χ2n) is 11.4. The number of rotatable bonds is 10. The van der Waals surface area contributed by atoms with Gasteiger partial charge in [-0.2, -0.15) is 9.40 Å². The van der Waals surface area contributed by atoms with Gasteiger partial charge in [-0.1, -0.05) is 94.3 Å². The molecule has 2 fully saturated rings. The maximum absolute atomic E-state index is 13.7. The Kier molecular flexibility index (Phi) is 9.67. The van der Waals surface area contributed by atoms with Crippen molar-refractivity contribution < 1.29 is 13.2 Å². The molecule has 42 heavy (non-hydrogen) atoms. The minimum absolute atomic E-state index is 0.0930. The van der Waals surface area contributed by atoms with Crippen LogP contribution >= 0.6 is 24.0 Å². The van der Waals surface area contributed by atoms with E-state index in [1.54, 1.807) is 32.1 Å². The number of carbonyl (C=O) groups excluding carboxylic acids is 1. The van der Waals surface area contributed by atoms with Gasteiger partial charge in [0.05, 0.1) is 15.5 Å². The number of benzene rings is 2. The second kappa shape index (κ2) is 13.2. The molecule has 2 atom stereocenters. The standard InChI is InChI=1S/C32H38N4O3S3/c1-4-5-6-10-16-35-31(37)29(41-32(35)40)19-26-22-36(27-13-8-7-9-14-27)33-30(26)25-12-11-15-28(18-25)42(38,39)34-20-23(2)17-24(3)21-34/h7-9,11-15,18-19,22-24H,4-6,10,16-17,20-21H2,1-3H3. The van der Waals surface area contributed by atoms with Gasteiger partial charge in [0.25, 0.3) is 5.91 Å². The molecule has 1 aromatic heterocycles. The van der Waals surface area contributed by atoms with Gasteiger partial charge in [-0.3, -0.25) is 9.69 Å². The number of aromatic nitrogens is 2. The first kappa shape index (κ1) is 30.7. The fourth-order valence-corrected chi connectivity index (χ4v) is 8.74. The molecule has 1 amide bonds. The number of para-hydroxylation sites is 1. The van der Waals surface area contributed by atoms with Crippen LogP contribution in [0, 0.1) is 11.8 Å². The van der Waals surface area contributed by atoms with Gasteiger partial charge in [0.1, 0.15) is 10.0 Å². The molecule has 2 aliphatic rings. The van der Waals surface area contributed by atoms with Crippen LogP contribution < -0.4 is 0 Å². The summed E-state index contributed by atoms with van der Waals surface area (Å²) in [5.74, 6) is 0.528. The van der Waals surface area contributed by atoms with Gasteiger partial charge >= 0.3 is 0 Å². The smallest absolute Gasteiger partial charge is 0.266 e. The van der Waals surface area contributed by atoms with E-state index in [0.29, 0.717) is 52.0 Å². The highest BCUT2D eigenvalue weighted by atomic mass is 32.2. The highest BCUT2D eigenvalue weighted by Gasteiger charge is 2.33. The molecule has 0 spiro atoms. The maximum Gasteiger partial charge on any atom is 0.266 e. The number of nitrogens with zero attached hydrogens (tertiary/aromatic N) is 4. The number of thiocarbonyl (C=S) groups is 1. The molecular weight excluding hydrogens is 585 g/mol. The topological polar surface area (TPSA) is 75.5 Å². The van der Waals surface area contributed by atoms with Gasteiger partial charge in [0.15, 0.2) is 0 Å². The SMILES string of the molecule is CCCCCCN1C(=O)C(=Cc2cn(-c3ccccc3)nc2-c2cccc(S(=O)(=O)N3CC(C)CC(C)C3)c2)SC1=S. The number of hydrogen-bond acceptors (Lipinski definition) is 6. The Labute approximate surface area is 259 Å². The molecule has 0 radical (unpaired) electrons. The van der Waals surface area contributed by atoms with Crippen molar-refractivity contribution in [1.82, 2.24) is 19.0 Å². The molecule has 10 heteroatoms. The van der Waals surface area contributed by atoms with Crippen LogP contribution in [0.5, 0.6) is 0 Å². The zero-order valence-corrected chi connectivity index (χ0v) is 26.9. The summed E-state index contributed by atoms with van der Waals surface area (Å²) in [5.41, 5.74) is 2.86. The Morgan fingerprint density at radius 1 is 1.02 bits per heavy atom. The van der Waals surface area contributed by atoms with E-state index in [2.05, 4.69) is 20.8 Å². The van der Waals surface area contributed by atoms with Crippen LogP contribution in [0.4, 0.5) is 0 Å². The second-order valence-corrected chi connectivity index (χ2v) is 15.0. The summed E-state index contributed by atoms with van der Waals surface area (Å²) in [6, 6.07) is 16.7. The number of unbranched alkanes of at least 4 members (excludes halogenated alkanes) is 3. The quantitative estimate of drug-likeness (QED) is 0.138. The molecule has 3 heterocycles. The average Bonchev–Trinajstić information content (AvgIpc) is 3.51. The summed E-state index contributed by atoms with van der Waals surface area (Å²) < 4.78 is 31.4. The molecule has 0 aliphatic carbocycles. The van der Waals surface area contributed by atoms with Gasteiger partial charge in [0.2, 0.25) is 10.0 Å². The third kappa shape index (κ3) is 6.72. The third-order valence-electron chi connectivity index (χ3n) is 7.74. The lowest BCUT2D eigenvalue weighted by Crippen LogP contribution is -2.42. The molecule has 5 rings (SSSR count). The first-order valence-corrected chi connectivity index (χ1v) is 17.3. The van der Waals surface area contributed by atoms with Gasteiger partial charge in [-0.05, 0) is 55.0 Å². The van der Waals surface area contributed by atoms with Crippen molar-refractivity contribution in [3.05, 3.63) is 71.3 Å². The lowest BCUT2D eigenvalue weighted by Gasteiger charge is -2.34. The Balaban J connectivity index is 1.51. The number of carbonyl (C=O) groups is 1. The Bertz CT molecular complexity index is 1570. The van der Waals surface area contributed by atoms with Crippen molar-refractivity contribution in [3.8, 4) is 16.9 Å². The molecule has 7 nitrogen and oxygen atoms in total. The number of piperidine rings is 1. The lowest BCUT2D eigenvalue weighted by atomic mass is 9.94. The van der Waals surface area contributed by atoms with E-state index < -0.39 is 10.0 Å². The summed E-state index contributed by atoms with van der Waals surface area (Å²) in [6.07, 6.45) is 8.99. The van der Waals surface area contributed by atoms with E-state index in [1.807, 2.05) is 48.7 Å². The summed E-state index contributed by atoms with van der Waals surface area (Å²) in [5, 5.41) is 4.88. The van der Waals surface area contributed by atoms with E-state index in [0.717, 1.165) is 43.4 Å². The van der Waals surface area contributed by atoms with Crippen LogP contribution in [0.15, 0.2) is 70.6 Å². The first-order chi connectivity index (χ1) is 20.2. The zero-order chi connectivity index (χ0) is 29.9. The number of amides is 1. The highest BCUT2D eigenvalue weighted by Crippen LogP contribution is 2.36. The van der Waals surface area contributed by atoms with Crippen LogP contribution in [0.1, 0.15) is 58.4 Å². The Morgan fingerprint density at radius 2 is 1.76 bits per heavy atom. The van der Waals surface area contributed by atoms with Crippen LogP contribution in [-0.4, -0.2) is 57.3 Å². The monoisotopic (exact) mass is 622 g/mol. The average molecular weight is 623 g/mol. The van der Waals surface area contributed by atoms with Crippen LogP contribution in [0.3, 0.4) is 0 Å². The molecule has 2 saturated heterocycles. The highest BCUT2D eigenvalue weighted by molar-refractivity contribution is 8.26. The van der Waals surface area contributed by atoms with Crippen molar-refractivity contribution in [1.29, 1.82) is 0 Å². The van der Waals surface area contributed by atoms with E-state index >= 15 is 0 Å². The van der Waals surface area contributed by atoms with Crippen LogP contribution in [0.25, 0.3) is 23.0 Å². The minimum atomic E-state index is -3.67. The van der Waals surface area contributed by atoms with Crippen molar-refractivity contribution in [3.63, 3.8) is 0 Å². The van der Waals surface area contributed by atoms with Crippen LogP contribution in [-0.2, 0) is 14.8 Å². The molecule has 2 unspecified atom stereocenters. The van der Waals surface area contributed by atoms with E-state index in [9.17, 15) is 13.2 Å². The molecule has 2 aliphatic heterocycles. The molecule has 0 N–H and O–H groups in total. The van der Waals surface area contributed by atoms with Gasteiger partial charge in [-0.15, -0.1) is 0 Å². The lowest BCUT2D eigenvalue weighted by molar-refractivity contribution is -0.122. The fourth-order valence-electron chi connectivity index (χ4n) is 5.72. The van der Waals surface area contributed by atoms with E-state index in [4.69, 9.17) is 17.3 Å². The molecule has 0 saturated carbocycles. The van der Waals surface area contributed by atoms with Crippen molar-refractivity contribution in [2.24, 2.45) is 11.8 Å². The van der Waals surface area contributed by atoms with E-state index in [-0.39, 0.29) is 10.8 Å². The maximum atomic E-state index is 13.7. The zero-order valence-electron chi connectivity index (χ0n) is 24.4. The first-order valence-electron chi connectivity index (χ1n) is 14.7. The van der Waals surface area contributed by atoms with Crippen LogP contribution in [0.2, 0.25) is 0 Å². The van der Waals surface area contributed by atoms with Crippen molar-refractivity contribution in [2.75, 3.05) is 19.6 Å². The molecule has 0 bridgehead atoms. The van der Waals surface area contributed by atoms with E-state index in [1.165, 1.54) is 11.8 Å². The normalized spacial score (nSPS) is 21.0. The summed E-state index contributed by atoms with van der Waals surface area (Å²) in [6.45, 7) is 8.02.